The monoisotopic (exact) mass is 420 g/mol. The smallest absolute Gasteiger partial charge is 0.254 e. The van der Waals surface area contributed by atoms with Gasteiger partial charge in [0.05, 0.1) is 10.6 Å². The van der Waals surface area contributed by atoms with E-state index in [9.17, 15) is 17.2 Å². The summed E-state index contributed by atoms with van der Waals surface area (Å²) in [5.74, 6) is -0.787. The van der Waals surface area contributed by atoms with Gasteiger partial charge in [-0.15, -0.1) is 0 Å². The van der Waals surface area contributed by atoms with E-state index in [-0.39, 0.29) is 18.0 Å². The third-order valence-electron chi connectivity index (χ3n) is 5.49. The fourth-order valence-corrected chi connectivity index (χ4v) is 5.49. The molecule has 3 aromatic rings. The van der Waals surface area contributed by atoms with Gasteiger partial charge >= 0.3 is 0 Å². The Morgan fingerprint density at radius 1 is 1.00 bits per heavy atom. The van der Waals surface area contributed by atoms with Crippen molar-refractivity contribution in [3.63, 3.8) is 0 Å². The highest BCUT2D eigenvalue weighted by atomic mass is 32.2. The van der Waals surface area contributed by atoms with Crippen molar-refractivity contribution in [3.05, 3.63) is 47.4 Å². The van der Waals surface area contributed by atoms with Gasteiger partial charge in [0.1, 0.15) is 12.1 Å². The first-order valence-electron chi connectivity index (χ1n) is 9.37. The Balaban J connectivity index is 1.42. The Morgan fingerprint density at radius 2 is 1.79 bits per heavy atom. The molecule has 5 rings (SSSR count). The largest absolute Gasteiger partial charge is 0.354 e. The van der Waals surface area contributed by atoms with Gasteiger partial charge in [-0.1, -0.05) is 0 Å². The Bertz CT molecular complexity index is 1200. The third-order valence-corrected chi connectivity index (χ3v) is 7.39. The van der Waals surface area contributed by atoms with E-state index in [2.05, 4.69) is 20.0 Å². The average molecular weight is 420 g/mol. The molecule has 2 aromatic heterocycles. The number of fused-ring (bicyclic) bond motifs is 2. The van der Waals surface area contributed by atoms with Crippen molar-refractivity contribution < 1.29 is 17.2 Å². The van der Waals surface area contributed by atoms with Crippen LogP contribution in [0.15, 0.2) is 29.4 Å². The molecular formula is C18H18F2N6O2S. The maximum Gasteiger partial charge on any atom is 0.254 e. The van der Waals surface area contributed by atoms with Crippen LogP contribution in [0, 0.1) is 11.6 Å². The number of aryl methyl sites for hydroxylation is 1. The second-order valence-electron chi connectivity index (χ2n) is 7.15. The molecule has 2 aliphatic rings. The Labute approximate surface area is 165 Å². The van der Waals surface area contributed by atoms with Crippen LogP contribution in [0.4, 0.5) is 14.6 Å². The number of halogens is 2. The van der Waals surface area contributed by atoms with Gasteiger partial charge in [0, 0.05) is 31.7 Å². The molecule has 1 saturated heterocycles. The van der Waals surface area contributed by atoms with Gasteiger partial charge in [-0.3, -0.25) is 0 Å². The van der Waals surface area contributed by atoms with Gasteiger partial charge in [-0.2, -0.15) is 18.9 Å². The number of anilines is 1. The molecule has 0 bridgehead atoms. The molecule has 1 fully saturated rings. The lowest BCUT2D eigenvalue weighted by Crippen LogP contribution is -2.49. The van der Waals surface area contributed by atoms with Crippen molar-refractivity contribution in [1.29, 1.82) is 0 Å². The van der Waals surface area contributed by atoms with Crippen LogP contribution in [-0.2, 0) is 22.9 Å². The summed E-state index contributed by atoms with van der Waals surface area (Å²) in [5.41, 5.74) is 2.16. The Morgan fingerprint density at radius 3 is 2.55 bits per heavy atom. The van der Waals surface area contributed by atoms with Crippen LogP contribution in [0.2, 0.25) is 0 Å². The van der Waals surface area contributed by atoms with Gasteiger partial charge in [0.2, 0.25) is 10.0 Å². The van der Waals surface area contributed by atoms with Crippen LogP contribution < -0.4 is 4.90 Å². The predicted molar refractivity (Wildman–Crippen MR) is 100 cm³/mol. The molecule has 0 radical (unpaired) electrons. The second kappa shape index (κ2) is 6.70. The molecule has 29 heavy (non-hydrogen) atoms. The Hall–Kier alpha value is -2.66. The van der Waals surface area contributed by atoms with Crippen molar-refractivity contribution in [2.45, 2.75) is 24.2 Å². The van der Waals surface area contributed by atoms with E-state index < -0.39 is 21.7 Å². The van der Waals surface area contributed by atoms with E-state index >= 15 is 0 Å². The van der Waals surface area contributed by atoms with Crippen LogP contribution in [0.1, 0.15) is 17.7 Å². The zero-order chi connectivity index (χ0) is 20.2. The molecule has 152 valence electrons. The lowest BCUT2D eigenvalue weighted by molar-refractivity contribution is 0.382. The van der Waals surface area contributed by atoms with Gasteiger partial charge < -0.3 is 4.90 Å². The molecular weight excluding hydrogens is 402 g/mol. The van der Waals surface area contributed by atoms with Crippen LogP contribution in [0.3, 0.4) is 0 Å². The van der Waals surface area contributed by atoms with E-state index in [0.29, 0.717) is 18.9 Å². The highest BCUT2D eigenvalue weighted by Gasteiger charge is 2.32. The molecule has 0 atom stereocenters. The maximum absolute atomic E-state index is 13.5. The van der Waals surface area contributed by atoms with Crippen molar-refractivity contribution in [3.8, 4) is 0 Å². The average Bonchev–Trinajstić information content (AvgIpc) is 3.37. The van der Waals surface area contributed by atoms with Gasteiger partial charge in [-0.25, -0.2) is 22.2 Å². The number of piperazine rings is 1. The van der Waals surface area contributed by atoms with Crippen LogP contribution in [0.5, 0.6) is 0 Å². The van der Waals surface area contributed by atoms with Crippen molar-refractivity contribution >= 4 is 21.6 Å². The molecule has 11 heteroatoms. The number of nitrogens with zero attached hydrogens (tertiary/aromatic N) is 6. The zero-order valence-corrected chi connectivity index (χ0v) is 16.2. The minimum absolute atomic E-state index is 0.231. The minimum atomic E-state index is -3.90. The summed E-state index contributed by atoms with van der Waals surface area (Å²) in [4.78, 5) is 10.6. The van der Waals surface area contributed by atoms with Crippen LogP contribution >= 0.6 is 0 Å². The summed E-state index contributed by atoms with van der Waals surface area (Å²) in [7, 11) is -3.90. The molecule has 1 aliphatic carbocycles. The summed E-state index contributed by atoms with van der Waals surface area (Å²) < 4.78 is 55.4. The standard InChI is InChI=1S/C18H18F2N6O2S/c19-14-5-4-12(10-15(14)20)29(27,28)25-8-6-24(7-9-25)17-13-2-1-3-16(13)23-18-21-11-22-26(17)18/h4-5,10-11H,1-3,6-9H2. The number of rotatable bonds is 3. The summed E-state index contributed by atoms with van der Waals surface area (Å²) in [6, 6.07) is 2.65. The fraction of sp³-hybridized carbons (Fsp3) is 0.389. The fourth-order valence-electron chi connectivity index (χ4n) is 4.05. The summed E-state index contributed by atoms with van der Waals surface area (Å²) in [6.07, 6.45) is 4.29. The van der Waals surface area contributed by atoms with E-state index in [1.807, 2.05) is 0 Å². The first kappa shape index (κ1) is 18.4. The predicted octanol–water partition coefficient (Wildman–Crippen LogP) is 1.40. The van der Waals surface area contributed by atoms with E-state index in [4.69, 9.17) is 0 Å². The second-order valence-corrected chi connectivity index (χ2v) is 9.09. The summed E-state index contributed by atoms with van der Waals surface area (Å²) >= 11 is 0. The van der Waals surface area contributed by atoms with Crippen LogP contribution in [0.25, 0.3) is 5.78 Å². The summed E-state index contributed by atoms with van der Waals surface area (Å²) in [5, 5.41) is 4.30. The van der Waals surface area contributed by atoms with E-state index in [1.165, 1.54) is 10.6 Å². The van der Waals surface area contributed by atoms with E-state index in [0.717, 1.165) is 54.5 Å². The van der Waals surface area contributed by atoms with Gasteiger partial charge in [-0.05, 0) is 37.5 Å². The normalized spacial score (nSPS) is 17.8. The molecule has 8 nitrogen and oxygen atoms in total. The highest BCUT2D eigenvalue weighted by Crippen LogP contribution is 2.31. The van der Waals surface area contributed by atoms with Crippen molar-refractivity contribution in [1.82, 2.24) is 23.9 Å². The number of hydrogen-bond acceptors (Lipinski definition) is 6. The molecule has 0 saturated carbocycles. The lowest BCUT2D eigenvalue weighted by Gasteiger charge is -2.36. The lowest BCUT2D eigenvalue weighted by atomic mass is 10.2. The van der Waals surface area contributed by atoms with Gasteiger partial charge in [0.15, 0.2) is 11.6 Å². The molecule has 3 heterocycles. The number of sulfonamides is 1. The van der Waals surface area contributed by atoms with Crippen molar-refractivity contribution in [2.75, 3.05) is 31.1 Å². The van der Waals surface area contributed by atoms with Crippen LogP contribution in [-0.4, -0.2) is 58.5 Å². The van der Waals surface area contributed by atoms with Crippen molar-refractivity contribution in [2.24, 2.45) is 0 Å². The molecule has 0 spiro atoms. The third kappa shape index (κ3) is 2.96. The maximum atomic E-state index is 13.5. The molecule has 0 unspecified atom stereocenters. The number of aromatic nitrogens is 4. The molecule has 1 aromatic carbocycles. The minimum Gasteiger partial charge on any atom is -0.354 e. The zero-order valence-electron chi connectivity index (χ0n) is 15.4. The molecule has 1 aliphatic heterocycles. The number of hydrogen-bond donors (Lipinski definition) is 0. The van der Waals surface area contributed by atoms with E-state index in [1.54, 1.807) is 4.52 Å². The van der Waals surface area contributed by atoms with Gasteiger partial charge in [0.25, 0.3) is 5.78 Å². The summed E-state index contributed by atoms with van der Waals surface area (Å²) in [6.45, 7) is 1.37. The molecule has 0 N–H and O–H groups in total. The Kier molecular flexibility index (Phi) is 4.24. The molecule has 0 amide bonds. The first-order chi connectivity index (χ1) is 13.9. The number of benzene rings is 1. The highest BCUT2D eigenvalue weighted by molar-refractivity contribution is 7.89. The first-order valence-corrected chi connectivity index (χ1v) is 10.8. The SMILES string of the molecule is O=S(=O)(c1ccc(F)c(F)c1)N1CCN(c2c3c(nc4ncnn24)CCC3)CC1. The topological polar surface area (TPSA) is 83.7 Å². The quantitative estimate of drug-likeness (QED) is 0.637.